The Hall–Kier alpha value is -2.03. The number of ether oxygens (including phenoxy) is 1. The highest BCUT2D eigenvalue weighted by Gasteiger charge is 2.17. The summed E-state index contributed by atoms with van der Waals surface area (Å²) in [6.07, 6.45) is 2.01. The number of hydrogen-bond acceptors (Lipinski definition) is 2. The second-order valence-electron chi connectivity index (χ2n) is 5.04. The molecule has 0 atom stereocenters. The molecule has 1 aromatic carbocycles. The minimum absolute atomic E-state index is 0.281. The van der Waals surface area contributed by atoms with Crippen LogP contribution in [0.15, 0.2) is 30.3 Å². The Bertz CT molecular complexity index is 585. The number of aromatic amines is 1. The van der Waals surface area contributed by atoms with Gasteiger partial charge in [0.2, 0.25) is 0 Å². The summed E-state index contributed by atoms with van der Waals surface area (Å²) in [6.45, 7) is 6.44. The van der Waals surface area contributed by atoms with Crippen molar-refractivity contribution in [1.29, 1.82) is 0 Å². The quantitative estimate of drug-likeness (QED) is 0.837. The van der Waals surface area contributed by atoms with Crippen molar-refractivity contribution in [3.8, 4) is 0 Å². The predicted octanol–water partition coefficient (Wildman–Crippen LogP) is 3.94. The smallest absolute Gasteiger partial charge is 0.355 e. The molecular formula is C17H21NO2. The molecule has 1 aromatic heterocycles. The van der Waals surface area contributed by atoms with Gasteiger partial charge >= 0.3 is 5.97 Å². The summed E-state index contributed by atoms with van der Waals surface area (Å²) in [5.41, 5.74) is 4.87. The molecule has 0 aliphatic heterocycles. The molecule has 1 N–H and O–H groups in total. The first-order chi connectivity index (χ1) is 9.63. The first kappa shape index (κ1) is 14.4. The molecule has 0 fully saturated rings. The maximum atomic E-state index is 12.2. The standard InChI is InChI=1S/C17H21NO2/c1-4-8-15-12(2)13(3)16(18-15)17(19)20-11-14-9-6-5-7-10-14/h5-7,9-10,18H,4,8,11H2,1-3H3. The van der Waals surface area contributed by atoms with E-state index >= 15 is 0 Å². The fourth-order valence-corrected chi connectivity index (χ4v) is 2.25. The van der Waals surface area contributed by atoms with Crippen LogP contribution in [0.3, 0.4) is 0 Å². The first-order valence-electron chi connectivity index (χ1n) is 7.02. The first-order valence-corrected chi connectivity index (χ1v) is 7.02. The van der Waals surface area contributed by atoms with Gasteiger partial charge < -0.3 is 9.72 Å². The van der Waals surface area contributed by atoms with Crippen LogP contribution < -0.4 is 0 Å². The van der Waals surface area contributed by atoms with E-state index in [-0.39, 0.29) is 5.97 Å². The van der Waals surface area contributed by atoms with Crippen LogP contribution in [-0.2, 0) is 17.8 Å². The van der Waals surface area contributed by atoms with E-state index in [0.717, 1.165) is 29.7 Å². The van der Waals surface area contributed by atoms with E-state index in [2.05, 4.69) is 11.9 Å². The lowest BCUT2D eigenvalue weighted by atomic mass is 10.1. The summed E-state index contributed by atoms with van der Waals surface area (Å²) in [4.78, 5) is 15.4. The third-order valence-electron chi connectivity index (χ3n) is 3.58. The van der Waals surface area contributed by atoms with E-state index in [1.165, 1.54) is 5.56 Å². The topological polar surface area (TPSA) is 42.1 Å². The Morgan fingerprint density at radius 3 is 2.50 bits per heavy atom. The molecule has 0 aliphatic rings. The molecule has 3 heteroatoms. The summed E-state index contributed by atoms with van der Waals surface area (Å²) in [5, 5.41) is 0. The highest BCUT2D eigenvalue weighted by Crippen LogP contribution is 2.19. The van der Waals surface area contributed by atoms with Crippen LogP contribution in [0, 0.1) is 13.8 Å². The van der Waals surface area contributed by atoms with Gasteiger partial charge in [-0.2, -0.15) is 0 Å². The van der Waals surface area contributed by atoms with Gasteiger partial charge in [-0.25, -0.2) is 4.79 Å². The van der Waals surface area contributed by atoms with Crippen molar-refractivity contribution in [2.75, 3.05) is 0 Å². The summed E-state index contributed by atoms with van der Waals surface area (Å²) in [6, 6.07) is 9.71. The maximum Gasteiger partial charge on any atom is 0.355 e. The molecule has 0 unspecified atom stereocenters. The Labute approximate surface area is 120 Å². The number of aryl methyl sites for hydroxylation is 1. The van der Waals surface area contributed by atoms with Crippen LogP contribution in [0.25, 0.3) is 0 Å². The minimum atomic E-state index is -0.281. The van der Waals surface area contributed by atoms with Gasteiger partial charge in [0, 0.05) is 5.69 Å². The van der Waals surface area contributed by atoms with E-state index in [9.17, 15) is 4.79 Å². The van der Waals surface area contributed by atoms with E-state index in [1.807, 2.05) is 44.2 Å². The molecule has 0 aliphatic carbocycles. The number of H-pyrrole nitrogens is 1. The molecule has 1 heterocycles. The third-order valence-corrected chi connectivity index (χ3v) is 3.58. The molecular weight excluding hydrogens is 250 g/mol. The maximum absolute atomic E-state index is 12.2. The highest BCUT2D eigenvalue weighted by molar-refractivity contribution is 5.89. The molecule has 0 saturated carbocycles. The zero-order valence-corrected chi connectivity index (χ0v) is 12.3. The van der Waals surface area contributed by atoms with Crippen LogP contribution in [0.5, 0.6) is 0 Å². The predicted molar refractivity (Wildman–Crippen MR) is 79.8 cm³/mol. The number of rotatable bonds is 5. The van der Waals surface area contributed by atoms with Crippen LogP contribution in [-0.4, -0.2) is 11.0 Å². The van der Waals surface area contributed by atoms with E-state index in [0.29, 0.717) is 12.3 Å². The second kappa shape index (κ2) is 6.42. The zero-order valence-electron chi connectivity index (χ0n) is 12.3. The zero-order chi connectivity index (χ0) is 14.5. The Morgan fingerprint density at radius 1 is 1.15 bits per heavy atom. The van der Waals surface area contributed by atoms with Gasteiger partial charge in [-0.15, -0.1) is 0 Å². The van der Waals surface area contributed by atoms with Crippen LogP contribution in [0.4, 0.5) is 0 Å². The van der Waals surface area contributed by atoms with Crippen LogP contribution >= 0.6 is 0 Å². The van der Waals surface area contributed by atoms with Crippen LogP contribution in [0.2, 0.25) is 0 Å². The minimum Gasteiger partial charge on any atom is -0.456 e. The number of benzene rings is 1. The number of carbonyl (C=O) groups is 1. The van der Waals surface area contributed by atoms with Gasteiger partial charge in [0.1, 0.15) is 12.3 Å². The van der Waals surface area contributed by atoms with E-state index < -0.39 is 0 Å². The second-order valence-corrected chi connectivity index (χ2v) is 5.04. The van der Waals surface area contributed by atoms with Crippen molar-refractivity contribution in [2.45, 2.75) is 40.2 Å². The molecule has 0 spiro atoms. The van der Waals surface area contributed by atoms with Crippen molar-refractivity contribution in [1.82, 2.24) is 4.98 Å². The third kappa shape index (κ3) is 3.10. The largest absolute Gasteiger partial charge is 0.456 e. The van der Waals surface area contributed by atoms with Gasteiger partial charge in [0.15, 0.2) is 0 Å². The fraction of sp³-hybridized carbons (Fsp3) is 0.353. The summed E-state index contributed by atoms with van der Waals surface area (Å²) >= 11 is 0. The van der Waals surface area contributed by atoms with Gasteiger partial charge in [0.25, 0.3) is 0 Å². The number of hydrogen-bond donors (Lipinski definition) is 1. The van der Waals surface area contributed by atoms with Crippen molar-refractivity contribution in [2.24, 2.45) is 0 Å². The van der Waals surface area contributed by atoms with Crippen molar-refractivity contribution < 1.29 is 9.53 Å². The normalized spacial score (nSPS) is 10.6. The molecule has 2 rings (SSSR count). The van der Waals surface area contributed by atoms with Gasteiger partial charge in [-0.05, 0) is 37.0 Å². The number of esters is 1. The molecule has 0 radical (unpaired) electrons. The van der Waals surface area contributed by atoms with Gasteiger partial charge in [0.05, 0.1) is 0 Å². The molecule has 20 heavy (non-hydrogen) atoms. The van der Waals surface area contributed by atoms with E-state index in [1.54, 1.807) is 0 Å². The summed E-state index contributed by atoms with van der Waals surface area (Å²) < 4.78 is 5.37. The van der Waals surface area contributed by atoms with Gasteiger partial charge in [-0.1, -0.05) is 43.7 Å². The lowest BCUT2D eigenvalue weighted by Crippen LogP contribution is -2.07. The molecule has 0 bridgehead atoms. The van der Waals surface area contributed by atoms with Crippen molar-refractivity contribution >= 4 is 5.97 Å². The number of aromatic nitrogens is 1. The SMILES string of the molecule is CCCc1[nH]c(C(=O)OCc2ccccc2)c(C)c1C. The number of nitrogens with one attached hydrogen (secondary N) is 1. The Kier molecular flexibility index (Phi) is 4.61. The molecule has 106 valence electrons. The Balaban J connectivity index is 2.08. The summed E-state index contributed by atoms with van der Waals surface area (Å²) in [7, 11) is 0. The lowest BCUT2D eigenvalue weighted by Gasteiger charge is -2.04. The van der Waals surface area contributed by atoms with Gasteiger partial charge in [-0.3, -0.25) is 0 Å². The average Bonchev–Trinajstić information content (AvgIpc) is 2.75. The molecule has 3 nitrogen and oxygen atoms in total. The fourth-order valence-electron chi connectivity index (χ4n) is 2.25. The average molecular weight is 271 g/mol. The van der Waals surface area contributed by atoms with Crippen molar-refractivity contribution in [3.63, 3.8) is 0 Å². The summed E-state index contributed by atoms with van der Waals surface area (Å²) in [5.74, 6) is -0.281. The Morgan fingerprint density at radius 2 is 1.85 bits per heavy atom. The monoisotopic (exact) mass is 271 g/mol. The molecule has 2 aromatic rings. The number of carbonyl (C=O) groups excluding carboxylic acids is 1. The molecule has 0 saturated heterocycles. The van der Waals surface area contributed by atoms with Crippen LogP contribution in [0.1, 0.15) is 46.2 Å². The van der Waals surface area contributed by atoms with E-state index in [4.69, 9.17) is 4.74 Å². The lowest BCUT2D eigenvalue weighted by molar-refractivity contribution is 0.0465. The molecule has 0 amide bonds. The highest BCUT2D eigenvalue weighted by atomic mass is 16.5. The van der Waals surface area contributed by atoms with Crippen molar-refractivity contribution in [3.05, 3.63) is 58.4 Å².